The Bertz CT molecular complexity index is 583. The van der Waals surface area contributed by atoms with Gasteiger partial charge in [-0.3, -0.25) is 15.0 Å². The van der Waals surface area contributed by atoms with Crippen LogP contribution in [0.15, 0.2) is 30.3 Å². The minimum atomic E-state index is -0.529. The van der Waals surface area contributed by atoms with E-state index >= 15 is 0 Å². The Kier molecular flexibility index (Phi) is 6.07. The van der Waals surface area contributed by atoms with E-state index < -0.39 is 18.1 Å². The minimum Gasteiger partial charge on any atom is -0.469 e. The van der Waals surface area contributed by atoms with Gasteiger partial charge in [-0.25, -0.2) is 4.79 Å². The smallest absolute Gasteiger partial charge is 0.411 e. The predicted molar refractivity (Wildman–Crippen MR) is 92.3 cm³/mol. The molecule has 2 aliphatic heterocycles. The number of hydrogen-bond acceptors (Lipinski definition) is 5. The van der Waals surface area contributed by atoms with E-state index in [1.807, 2.05) is 25.2 Å². The number of nitrogens with one attached hydrogen (secondary N) is 1. The van der Waals surface area contributed by atoms with Crippen molar-refractivity contribution in [3.63, 3.8) is 0 Å². The molecule has 2 bridgehead atoms. The fraction of sp³-hybridized carbons (Fsp3) is 0.529. The highest BCUT2D eigenvalue weighted by Gasteiger charge is 2.50. The van der Waals surface area contributed by atoms with Gasteiger partial charge >= 0.3 is 12.1 Å². The number of carbonyl (C=O) groups is 2. The van der Waals surface area contributed by atoms with Crippen LogP contribution in [-0.2, 0) is 14.3 Å². The highest BCUT2D eigenvalue weighted by Crippen LogP contribution is 2.40. The molecule has 3 rings (SSSR count). The molecule has 2 fully saturated rings. The van der Waals surface area contributed by atoms with Crippen molar-refractivity contribution in [3.8, 4) is 0 Å². The summed E-state index contributed by atoms with van der Waals surface area (Å²) in [6.45, 7) is 0. The van der Waals surface area contributed by atoms with E-state index in [4.69, 9.17) is 9.47 Å². The summed E-state index contributed by atoms with van der Waals surface area (Å²) >= 11 is 0. The number of carbonyl (C=O) groups excluding carboxylic acids is 2. The Hall–Kier alpha value is -1.79. The average Bonchev–Trinajstić information content (AvgIpc) is 2.79. The molecular weight excluding hydrogens is 332 g/mol. The maximum absolute atomic E-state index is 12.2. The SMILES string of the molecule is COC(=O)[C@H]1[C@@H](OC(=O)Nc2ccccc2)C[C@@H]2CC[C@H]1N2C.Cl. The molecule has 0 spiro atoms. The van der Waals surface area contributed by atoms with Crippen LogP contribution in [-0.4, -0.2) is 49.3 Å². The van der Waals surface area contributed by atoms with Crippen molar-refractivity contribution in [1.82, 2.24) is 4.90 Å². The second-order valence-corrected chi connectivity index (χ2v) is 6.18. The lowest BCUT2D eigenvalue weighted by Gasteiger charge is -2.40. The fourth-order valence-corrected chi connectivity index (χ4v) is 3.79. The number of amides is 1. The molecule has 2 aliphatic rings. The van der Waals surface area contributed by atoms with Crippen LogP contribution in [0.1, 0.15) is 19.3 Å². The molecule has 4 atom stereocenters. The molecule has 24 heavy (non-hydrogen) atoms. The molecule has 6 nitrogen and oxygen atoms in total. The lowest BCUT2D eigenvalue weighted by Crippen LogP contribution is -2.53. The zero-order valence-electron chi connectivity index (χ0n) is 13.8. The van der Waals surface area contributed by atoms with Crippen LogP contribution in [0, 0.1) is 5.92 Å². The van der Waals surface area contributed by atoms with E-state index in [-0.39, 0.29) is 24.4 Å². The topological polar surface area (TPSA) is 67.9 Å². The third-order valence-corrected chi connectivity index (χ3v) is 4.97. The maximum atomic E-state index is 12.2. The number of ether oxygens (including phenoxy) is 2. The molecule has 0 radical (unpaired) electrons. The quantitative estimate of drug-likeness (QED) is 0.845. The van der Waals surface area contributed by atoms with Gasteiger partial charge in [-0.1, -0.05) is 18.2 Å². The van der Waals surface area contributed by atoms with Gasteiger partial charge in [0, 0.05) is 24.2 Å². The number of nitrogens with zero attached hydrogens (tertiary/aromatic N) is 1. The van der Waals surface area contributed by atoms with E-state index in [9.17, 15) is 9.59 Å². The number of para-hydroxylation sites is 1. The van der Waals surface area contributed by atoms with Crippen molar-refractivity contribution in [2.24, 2.45) is 5.92 Å². The average molecular weight is 355 g/mol. The summed E-state index contributed by atoms with van der Waals surface area (Å²) in [6.07, 6.45) is 1.64. The van der Waals surface area contributed by atoms with Gasteiger partial charge < -0.3 is 9.47 Å². The van der Waals surface area contributed by atoms with Crippen LogP contribution < -0.4 is 5.32 Å². The molecule has 1 N–H and O–H groups in total. The van der Waals surface area contributed by atoms with Gasteiger partial charge in [0.25, 0.3) is 0 Å². The summed E-state index contributed by atoms with van der Waals surface area (Å²) in [6, 6.07) is 9.56. The highest BCUT2D eigenvalue weighted by molar-refractivity contribution is 5.85. The number of fused-ring (bicyclic) bond motifs is 2. The molecule has 0 unspecified atom stereocenters. The first kappa shape index (κ1) is 18.5. The number of methoxy groups -OCH3 is 1. The first-order valence-corrected chi connectivity index (χ1v) is 7.92. The number of rotatable bonds is 3. The first-order chi connectivity index (χ1) is 11.1. The molecule has 1 aromatic rings. The second kappa shape index (κ2) is 7.85. The van der Waals surface area contributed by atoms with Crippen LogP contribution in [0.4, 0.5) is 10.5 Å². The van der Waals surface area contributed by atoms with Crippen LogP contribution in [0.25, 0.3) is 0 Å². The zero-order valence-corrected chi connectivity index (χ0v) is 14.6. The molecular formula is C17H23ClN2O4. The molecule has 2 saturated heterocycles. The Morgan fingerprint density at radius 2 is 1.92 bits per heavy atom. The van der Waals surface area contributed by atoms with E-state index in [1.165, 1.54) is 7.11 Å². The summed E-state index contributed by atoms with van der Waals surface area (Å²) in [7, 11) is 3.41. The third-order valence-electron chi connectivity index (χ3n) is 4.97. The summed E-state index contributed by atoms with van der Waals surface area (Å²) in [4.78, 5) is 26.6. The molecule has 0 aliphatic carbocycles. The van der Waals surface area contributed by atoms with Crippen molar-refractivity contribution in [1.29, 1.82) is 0 Å². The standard InChI is InChI=1S/C17H22N2O4.ClH/c1-19-12-8-9-13(19)15(16(20)22-2)14(10-12)23-17(21)18-11-6-4-3-5-7-11;/h3-7,12-15H,8-10H2,1-2H3,(H,18,21);1H/t12-,13+,14-,15+;/m0./s1. The van der Waals surface area contributed by atoms with Crippen LogP contribution in [0.3, 0.4) is 0 Å². The van der Waals surface area contributed by atoms with E-state index in [0.29, 0.717) is 18.2 Å². The third kappa shape index (κ3) is 3.65. The van der Waals surface area contributed by atoms with Gasteiger partial charge in [-0.2, -0.15) is 0 Å². The first-order valence-electron chi connectivity index (χ1n) is 7.92. The van der Waals surface area contributed by atoms with Crippen LogP contribution in [0.2, 0.25) is 0 Å². The molecule has 7 heteroatoms. The van der Waals surface area contributed by atoms with Crippen molar-refractivity contribution in [2.45, 2.75) is 37.5 Å². The van der Waals surface area contributed by atoms with Gasteiger partial charge in [0.05, 0.1) is 7.11 Å². The van der Waals surface area contributed by atoms with Crippen LogP contribution in [0.5, 0.6) is 0 Å². The highest BCUT2D eigenvalue weighted by atomic mass is 35.5. The summed E-state index contributed by atoms with van der Waals surface area (Å²) in [5.74, 6) is -0.731. The van der Waals surface area contributed by atoms with Gasteiger partial charge in [0.15, 0.2) is 0 Å². The van der Waals surface area contributed by atoms with Gasteiger partial charge in [0.2, 0.25) is 0 Å². The second-order valence-electron chi connectivity index (χ2n) is 6.18. The van der Waals surface area contributed by atoms with Crippen molar-refractivity contribution >= 4 is 30.2 Å². The van der Waals surface area contributed by atoms with Crippen LogP contribution >= 0.6 is 12.4 Å². The Balaban J connectivity index is 0.00000208. The minimum absolute atomic E-state index is 0. The number of esters is 1. The predicted octanol–water partition coefficient (Wildman–Crippen LogP) is 2.68. The molecule has 1 aromatic carbocycles. The monoisotopic (exact) mass is 354 g/mol. The number of anilines is 1. The van der Waals surface area contributed by atoms with Crippen molar-refractivity contribution in [2.75, 3.05) is 19.5 Å². The molecule has 132 valence electrons. The fourth-order valence-electron chi connectivity index (χ4n) is 3.79. The van der Waals surface area contributed by atoms with E-state index in [1.54, 1.807) is 12.1 Å². The summed E-state index contributed by atoms with van der Waals surface area (Å²) in [5.41, 5.74) is 0.669. The number of piperidine rings is 1. The normalized spacial score (nSPS) is 28.6. The zero-order chi connectivity index (χ0) is 16.4. The Morgan fingerprint density at radius 1 is 1.21 bits per heavy atom. The van der Waals surface area contributed by atoms with Gasteiger partial charge in [-0.15, -0.1) is 12.4 Å². The van der Waals surface area contributed by atoms with E-state index in [0.717, 1.165) is 12.8 Å². The van der Waals surface area contributed by atoms with Gasteiger partial charge in [0.1, 0.15) is 12.0 Å². The van der Waals surface area contributed by atoms with E-state index in [2.05, 4.69) is 10.2 Å². The maximum Gasteiger partial charge on any atom is 0.411 e. The Labute approximate surface area is 147 Å². The Morgan fingerprint density at radius 3 is 2.58 bits per heavy atom. The van der Waals surface area contributed by atoms with Crippen molar-refractivity contribution < 1.29 is 19.1 Å². The van der Waals surface area contributed by atoms with Crippen molar-refractivity contribution in [3.05, 3.63) is 30.3 Å². The molecule has 0 aromatic heterocycles. The largest absolute Gasteiger partial charge is 0.469 e. The van der Waals surface area contributed by atoms with Gasteiger partial charge in [-0.05, 0) is 32.0 Å². The molecule has 0 saturated carbocycles. The summed E-state index contributed by atoms with van der Waals surface area (Å²) in [5, 5.41) is 2.70. The summed E-state index contributed by atoms with van der Waals surface area (Å²) < 4.78 is 10.5. The number of hydrogen-bond donors (Lipinski definition) is 1. The molecule has 2 heterocycles. The number of benzene rings is 1. The molecule has 1 amide bonds. The lowest BCUT2D eigenvalue weighted by atomic mass is 9.87. The lowest BCUT2D eigenvalue weighted by molar-refractivity contribution is -0.155. The number of halogens is 1.